The minimum Gasteiger partial charge on any atom is -0.453 e. The summed E-state index contributed by atoms with van der Waals surface area (Å²) in [7, 11) is 2.79. The van der Waals surface area contributed by atoms with Crippen LogP contribution in [0.4, 0.5) is 20.8 Å². The quantitative estimate of drug-likeness (QED) is 0.508. The Labute approximate surface area is 176 Å². The average Bonchev–Trinajstić information content (AvgIpc) is 3.21. The van der Waals surface area contributed by atoms with Gasteiger partial charge >= 0.3 is 6.09 Å². The molecule has 0 unspecified atom stereocenters. The van der Waals surface area contributed by atoms with Crippen molar-refractivity contribution in [1.82, 2.24) is 19.4 Å². The van der Waals surface area contributed by atoms with Crippen LogP contribution in [0, 0.1) is 5.95 Å². The van der Waals surface area contributed by atoms with Crippen molar-refractivity contribution in [2.45, 2.75) is 0 Å². The number of methoxy groups -OCH3 is 1. The number of hydrogen-bond acceptors (Lipinski definition) is 6. The van der Waals surface area contributed by atoms with Gasteiger partial charge in [-0.05, 0) is 36.4 Å². The first-order chi connectivity index (χ1) is 15.0. The van der Waals surface area contributed by atoms with Crippen LogP contribution in [0.25, 0.3) is 16.9 Å². The summed E-state index contributed by atoms with van der Waals surface area (Å²) in [6, 6.07) is 11.0. The summed E-state index contributed by atoms with van der Waals surface area (Å²) < 4.78 is 19.7. The van der Waals surface area contributed by atoms with Gasteiger partial charge in [0.2, 0.25) is 5.95 Å². The van der Waals surface area contributed by atoms with Crippen LogP contribution in [-0.2, 0) is 4.74 Å². The predicted molar refractivity (Wildman–Crippen MR) is 111 cm³/mol. The number of pyridine rings is 3. The summed E-state index contributed by atoms with van der Waals surface area (Å²) in [5.41, 5.74) is 2.44. The molecule has 0 radical (unpaired) electrons. The second-order valence-corrected chi connectivity index (χ2v) is 6.52. The summed E-state index contributed by atoms with van der Waals surface area (Å²) in [5.74, 6) is -0.476. The fourth-order valence-corrected chi connectivity index (χ4v) is 2.98. The Bertz CT molecular complexity index is 1270. The molecule has 4 rings (SSSR count). The predicted octanol–water partition coefficient (Wildman–Crippen LogP) is 3.39. The fraction of sp³-hybridized carbons (Fsp3) is 0.0952. The molecule has 0 spiro atoms. The number of anilines is 2. The van der Waals surface area contributed by atoms with Gasteiger partial charge in [0.1, 0.15) is 17.3 Å². The van der Waals surface area contributed by atoms with E-state index in [0.29, 0.717) is 22.7 Å². The van der Waals surface area contributed by atoms with Gasteiger partial charge in [-0.15, -0.1) is 0 Å². The number of aromatic nitrogens is 4. The van der Waals surface area contributed by atoms with E-state index in [4.69, 9.17) is 0 Å². The number of carbonyl (C=O) groups is 2. The summed E-state index contributed by atoms with van der Waals surface area (Å²) >= 11 is 0. The standard InChI is InChI=1S/C21H17FN6O3/c1-27(19-5-3-4-16(22)25-19)20(29)14-7-9-18-24-11-15(28(18)12-14)13-6-8-17(23-10-13)26-21(30)31-2/h3-12H,1-2H3,(H,23,26,30). The second kappa shape index (κ2) is 8.19. The number of imidazole rings is 1. The first-order valence-electron chi connectivity index (χ1n) is 9.15. The maximum absolute atomic E-state index is 13.4. The van der Waals surface area contributed by atoms with Gasteiger partial charge in [-0.2, -0.15) is 4.39 Å². The van der Waals surface area contributed by atoms with Crippen LogP contribution in [0.15, 0.2) is 61.1 Å². The molecule has 4 aromatic rings. The molecule has 0 atom stereocenters. The molecular formula is C21H17FN6O3. The van der Waals surface area contributed by atoms with Crippen LogP contribution in [0.1, 0.15) is 10.4 Å². The smallest absolute Gasteiger partial charge is 0.412 e. The molecule has 1 N–H and O–H groups in total. The number of amides is 2. The molecule has 0 bridgehead atoms. The number of rotatable bonds is 4. The maximum atomic E-state index is 13.4. The number of nitrogens with one attached hydrogen (secondary N) is 1. The zero-order valence-electron chi connectivity index (χ0n) is 16.6. The van der Waals surface area contributed by atoms with Crippen LogP contribution in [-0.4, -0.2) is 45.5 Å². The maximum Gasteiger partial charge on any atom is 0.412 e. The van der Waals surface area contributed by atoms with E-state index < -0.39 is 12.0 Å². The summed E-state index contributed by atoms with van der Waals surface area (Å²) in [6.07, 6.45) is 4.27. The molecule has 2 amide bonds. The molecule has 0 aromatic carbocycles. The molecule has 0 aliphatic rings. The van der Waals surface area contributed by atoms with Crippen LogP contribution in [0.5, 0.6) is 0 Å². The molecule has 9 nitrogen and oxygen atoms in total. The summed E-state index contributed by atoms with van der Waals surface area (Å²) in [6.45, 7) is 0. The minimum atomic E-state index is -0.665. The number of hydrogen-bond donors (Lipinski definition) is 1. The highest BCUT2D eigenvalue weighted by Crippen LogP contribution is 2.23. The van der Waals surface area contributed by atoms with Gasteiger partial charge in [-0.25, -0.2) is 19.7 Å². The van der Waals surface area contributed by atoms with Crippen molar-refractivity contribution in [3.05, 3.63) is 72.6 Å². The third-order valence-corrected chi connectivity index (χ3v) is 4.58. The van der Waals surface area contributed by atoms with Gasteiger partial charge in [-0.1, -0.05) is 6.07 Å². The van der Waals surface area contributed by atoms with Crippen molar-refractivity contribution >= 4 is 29.3 Å². The van der Waals surface area contributed by atoms with Gasteiger partial charge < -0.3 is 4.74 Å². The second-order valence-electron chi connectivity index (χ2n) is 6.52. The molecule has 0 fully saturated rings. The van der Waals surface area contributed by atoms with Gasteiger partial charge in [0, 0.05) is 25.0 Å². The van der Waals surface area contributed by atoms with E-state index in [-0.39, 0.29) is 11.7 Å². The summed E-state index contributed by atoms with van der Waals surface area (Å²) in [4.78, 5) is 37.8. The lowest BCUT2D eigenvalue weighted by Crippen LogP contribution is -2.27. The number of halogens is 1. The van der Waals surface area contributed by atoms with Gasteiger partial charge in [0.05, 0.1) is 24.6 Å². The lowest BCUT2D eigenvalue weighted by molar-refractivity contribution is 0.0991. The van der Waals surface area contributed by atoms with E-state index in [9.17, 15) is 14.0 Å². The monoisotopic (exact) mass is 420 g/mol. The third kappa shape index (κ3) is 4.04. The molecule has 0 aliphatic carbocycles. The highest BCUT2D eigenvalue weighted by molar-refractivity contribution is 6.05. The van der Waals surface area contributed by atoms with Crippen molar-refractivity contribution in [3.8, 4) is 11.3 Å². The molecular weight excluding hydrogens is 403 g/mol. The van der Waals surface area contributed by atoms with Crippen molar-refractivity contribution < 1.29 is 18.7 Å². The Hall–Kier alpha value is -4.34. The highest BCUT2D eigenvalue weighted by Gasteiger charge is 2.17. The van der Waals surface area contributed by atoms with Crippen molar-refractivity contribution in [3.63, 3.8) is 0 Å². The largest absolute Gasteiger partial charge is 0.453 e. The molecule has 10 heteroatoms. The van der Waals surface area contributed by atoms with E-state index >= 15 is 0 Å². The van der Waals surface area contributed by atoms with Gasteiger partial charge in [0.15, 0.2) is 0 Å². The van der Waals surface area contributed by atoms with Crippen LogP contribution in [0.3, 0.4) is 0 Å². The van der Waals surface area contributed by atoms with E-state index in [2.05, 4.69) is 25.0 Å². The van der Waals surface area contributed by atoms with Gasteiger partial charge in [-0.3, -0.25) is 19.4 Å². The molecule has 4 heterocycles. The van der Waals surface area contributed by atoms with Crippen molar-refractivity contribution in [2.75, 3.05) is 24.4 Å². The Morgan fingerprint density at radius 1 is 1.10 bits per heavy atom. The topological polar surface area (TPSA) is 102 Å². The number of fused-ring (bicyclic) bond motifs is 1. The molecule has 0 aliphatic heterocycles. The Balaban J connectivity index is 1.65. The highest BCUT2D eigenvalue weighted by atomic mass is 19.1. The Kier molecular flexibility index (Phi) is 5.27. The molecule has 4 aromatic heterocycles. The normalized spacial score (nSPS) is 10.7. The first-order valence-corrected chi connectivity index (χ1v) is 9.15. The van der Waals surface area contributed by atoms with Crippen LogP contribution < -0.4 is 10.2 Å². The van der Waals surface area contributed by atoms with E-state index in [1.54, 1.807) is 53.3 Å². The number of ether oxygens (including phenoxy) is 1. The number of nitrogens with zero attached hydrogens (tertiary/aromatic N) is 5. The fourth-order valence-electron chi connectivity index (χ4n) is 2.98. The number of carbonyl (C=O) groups excluding carboxylic acids is 2. The minimum absolute atomic E-state index is 0.203. The Morgan fingerprint density at radius 3 is 2.65 bits per heavy atom. The lowest BCUT2D eigenvalue weighted by atomic mass is 10.2. The Morgan fingerprint density at radius 2 is 1.94 bits per heavy atom. The van der Waals surface area contributed by atoms with E-state index in [0.717, 1.165) is 5.56 Å². The molecule has 156 valence electrons. The average molecular weight is 420 g/mol. The van der Waals surface area contributed by atoms with Crippen molar-refractivity contribution in [2.24, 2.45) is 0 Å². The SMILES string of the molecule is COC(=O)Nc1ccc(-c2cnc3ccc(C(=O)N(C)c4cccc(F)n4)cn23)cn1. The molecule has 0 saturated carbocycles. The summed E-state index contributed by atoms with van der Waals surface area (Å²) in [5, 5.41) is 2.48. The van der Waals surface area contributed by atoms with Crippen molar-refractivity contribution in [1.29, 1.82) is 0 Å². The van der Waals surface area contributed by atoms with E-state index in [1.165, 1.54) is 31.2 Å². The van der Waals surface area contributed by atoms with E-state index in [1.807, 2.05) is 0 Å². The zero-order chi connectivity index (χ0) is 22.0. The zero-order valence-corrected chi connectivity index (χ0v) is 16.6. The molecule has 31 heavy (non-hydrogen) atoms. The first kappa shape index (κ1) is 20.0. The third-order valence-electron chi connectivity index (χ3n) is 4.58. The molecule has 0 saturated heterocycles. The van der Waals surface area contributed by atoms with Gasteiger partial charge in [0.25, 0.3) is 5.91 Å². The lowest BCUT2D eigenvalue weighted by Gasteiger charge is -2.16. The van der Waals surface area contributed by atoms with Crippen LogP contribution >= 0.6 is 0 Å². The van der Waals surface area contributed by atoms with Crippen LogP contribution in [0.2, 0.25) is 0 Å².